The summed E-state index contributed by atoms with van der Waals surface area (Å²) < 4.78 is 5.24. The molecule has 0 aromatic heterocycles. The summed E-state index contributed by atoms with van der Waals surface area (Å²) in [5, 5.41) is 3.07. The summed E-state index contributed by atoms with van der Waals surface area (Å²) in [6.07, 6.45) is 3.76. The molecule has 94 valence electrons. The Hall–Kier alpha value is -0.610. The Balaban J connectivity index is 2.39. The van der Waals surface area contributed by atoms with E-state index in [1.165, 1.54) is 6.42 Å². The minimum atomic E-state index is -0.388. The highest BCUT2D eigenvalue weighted by Crippen LogP contribution is 2.25. The summed E-state index contributed by atoms with van der Waals surface area (Å²) in [4.78, 5) is 11.8. The zero-order chi connectivity index (χ0) is 12.2. The summed E-state index contributed by atoms with van der Waals surface area (Å²) in [6, 6.07) is 0.269. The number of hydrogen-bond donors (Lipinski definition) is 2. The first-order valence-electron chi connectivity index (χ1n) is 6.03. The lowest BCUT2D eigenvalue weighted by Gasteiger charge is -2.25. The van der Waals surface area contributed by atoms with Gasteiger partial charge in [0.1, 0.15) is 0 Å². The van der Waals surface area contributed by atoms with Gasteiger partial charge in [0.05, 0.1) is 12.0 Å². The van der Waals surface area contributed by atoms with E-state index in [1.54, 1.807) is 7.11 Å². The molecule has 2 atom stereocenters. The molecule has 1 aliphatic carbocycles. The van der Waals surface area contributed by atoms with Crippen molar-refractivity contribution in [3.63, 3.8) is 0 Å². The van der Waals surface area contributed by atoms with E-state index in [9.17, 15) is 4.79 Å². The third-order valence-corrected chi connectivity index (χ3v) is 3.45. The Morgan fingerprint density at radius 1 is 1.50 bits per heavy atom. The zero-order valence-electron chi connectivity index (χ0n) is 10.6. The van der Waals surface area contributed by atoms with E-state index in [-0.39, 0.29) is 17.6 Å². The molecule has 2 unspecified atom stereocenters. The van der Waals surface area contributed by atoms with Gasteiger partial charge in [0, 0.05) is 13.2 Å². The Morgan fingerprint density at radius 3 is 2.75 bits per heavy atom. The fraction of sp³-hybridized carbons (Fsp3) is 0.917. The van der Waals surface area contributed by atoms with Crippen LogP contribution in [0.5, 0.6) is 0 Å². The fourth-order valence-corrected chi connectivity index (χ4v) is 2.23. The first kappa shape index (κ1) is 13.5. The molecule has 0 bridgehead atoms. The average Bonchev–Trinajstić information content (AvgIpc) is 2.64. The van der Waals surface area contributed by atoms with Crippen LogP contribution in [0.25, 0.3) is 0 Å². The lowest BCUT2D eigenvalue weighted by atomic mass is 10.0. The number of hydrogen-bond acceptors (Lipinski definition) is 3. The first-order valence-corrected chi connectivity index (χ1v) is 6.03. The molecule has 0 saturated heterocycles. The number of amides is 1. The molecule has 1 amide bonds. The summed E-state index contributed by atoms with van der Waals surface area (Å²) in [7, 11) is 1.63. The van der Waals surface area contributed by atoms with Crippen LogP contribution >= 0.6 is 0 Å². The molecule has 0 aliphatic heterocycles. The number of rotatable bonds is 5. The van der Waals surface area contributed by atoms with Gasteiger partial charge < -0.3 is 15.8 Å². The minimum Gasteiger partial charge on any atom is -0.378 e. The van der Waals surface area contributed by atoms with Crippen LogP contribution in [-0.4, -0.2) is 31.2 Å². The number of carbonyl (C=O) groups is 1. The van der Waals surface area contributed by atoms with Gasteiger partial charge >= 0.3 is 0 Å². The van der Waals surface area contributed by atoms with E-state index in [1.807, 2.05) is 13.8 Å². The molecule has 0 aromatic rings. The van der Waals surface area contributed by atoms with Crippen molar-refractivity contribution in [2.45, 2.75) is 51.2 Å². The summed E-state index contributed by atoms with van der Waals surface area (Å²) >= 11 is 0. The van der Waals surface area contributed by atoms with Crippen LogP contribution in [0, 0.1) is 5.92 Å². The van der Waals surface area contributed by atoms with E-state index in [0.29, 0.717) is 18.9 Å². The number of methoxy groups -OCH3 is 1. The van der Waals surface area contributed by atoms with E-state index >= 15 is 0 Å². The summed E-state index contributed by atoms with van der Waals surface area (Å²) in [5.74, 6) is 0.520. The van der Waals surface area contributed by atoms with Crippen molar-refractivity contribution in [1.82, 2.24) is 5.32 Å². The third kappa shape index (κ3) is 3.76. The van der Waals surface area contributed by atoms with Crippen molar-refractivity contribution >= 4 is 5.91 Å². The Labute approximate surface area is 97.9 Å². The monoisotopic (exact) mass is 228 g/mol. The van der Waals surface area contributed by atoms with Crippen molar-refractivity contribution in [3.8, 4) is 0 Å². The minimum absolute atomic E-state index is 0.0669. The van der Waals surface area contributed by atoms with Crippen LogP contribution < -0.4 is 11.1 Å². The highest BCUT2D eigenvalue weighted by molar-refractivity contribution is 5.77. The Bertz CT molecular complexity index is 241. The highest BCUT2D eigenvalue weighted by atomic mass is 16.5. The third-order valence-electron chi connectivity index (χ3n) is 3.45. The quantitative estimate of drug-likeness (QED) is 0.739. The maximum Gasteiger partial charge on any atom is 0.223 e. The SMILES string of the molecule is COC(C)(C)CC(=O)NC1CCCC1CN. The Morgan fingerprint density at radius 2 is 2.19 bits per heavy atom. The molecule has 1 rings (SSSR count). The smallest absolute Gasteiger partial charge is 0.223 e. The normalized spacial score (nSPS) is 25.8. The fourth-order valence-electron chi connectivity index (χ4n) is 2.23. The molecule has 1 fully saturated rings. The van der Waals surface area contributed by atoms with Gasteiger partial charge in [-0.3, -0.25) is 4.79 Å². The maximum atomic E-state index is 11.8. The van der Waals surface area contributed by atoms with Gasteiger partial charge in [0.25, 0.3) is 0 Å². The van der Waals surface area contributed by atoms with Crippen molar-refractivity contribution < 1.29 is 9.53 Å². The molecular weight excluding hydrogens is 204 g/mol. The predicted molar refractivity (Wildman–Crippen MR) is 64.0 cm³/mol. The van der Waals surface area contributed by atoms with Crippen LogP contribution in [-0.2, 0) is 9.53 Å². The van der Waals surface area contributed by atoms with Gasteiger partial charge in [-0.1, -0.05) is 6.42 Å². The second-order valence-electron chi connectivity index (χ2n) is 5.24. The van der Waals surface area contributed by atoms with Gasteiger partial charge in [0.2, 0.25) is 5.91 Å². The lowest BCUT2D eigenvalue weighted by molar-refractivity contribution is -0.127. The first-order chi connectivity index (χ1) is 7.48. The Kier molecular flexibility index (Phi) is 4.74. The molecule has 0 spiro atoms. The summed E-state index contributed by atoms with van der Waals surface area (Å²) in [6.45, 7) is 4.50. The van der Waals surface area contributed by atoms with E-state index in [2.05, 4.69) is 5.32 Å². The maximum absolute atomic E-state index is 11.8. The predicted octanol–water partition coefficient (Wildman–Crippen LogP) is 1.05. The number of carbonyl (C=O) groups excluding carboxylic acids is 1. The number of nitrogens with two attached hydrogens (primary N) is 1. The standard InChI is InChI=1S/C12H24N2O2/c1-12(2,16-3)7-11(15)14-10-6-4-5-9(10)8-13/h9-10H,4-8,13H2,1-3H3,(H,14,15). The van der Waals surface area contributed by atoms with E-state index < -0.39 is 0 Å². The van der Waals surface area contributed by atoms with Gasteiger partial charge in [-0.2, -0.15) is 0 Å². The molecule has 3 N–H and O–H groups in total. The average molecular weight is 228 g/mol. The highest BCUT2D eigenvalue weighted by Gasteiger charge is 2.29. The van der Waals surface area contributed by atoms with Crippen LogP contribution in [0.4, 0.5) is 0 Å². The molecule has 0 radical (unpaired) electrons. The molecular formula is C12H24N2O2. The van der Waals surface area contributed by atoms with E-state index in [4.69, 9.17) is 10.5 Å². The van der Waals surface area contributed by atoms with Crippen LogP contribution in [0.2, 0.25) is 0 Å². The van der Waals surface area contributed by atoms with Crippen LogP contribution in [0.1, 0.15) is 39.5 Å². The molecule has 4 nitrogen and oxygen atoms in total. The molecule has 4 heteroatoms. The second-order valence-corrected chi connectivity index (χ2v) is 5.24. The van der Waals surface area contributed by atoms with Gasteiger partial charge in [-0.05, 0) is 39.2 Å². The molecule has 0 heterocycles. The van der Waals surface area contributed by atoms with Crippen LogP contribution in [0.3, 0.4) is 0 Å². The van der Waals surface area contributed by atoms with Crippen molar-refractivity contribution in [3.05, 3.63) is 0 Å². The second kappa shape index (κ2) is 5.64. The van der Waals surface area contributed by atoms with Crippen LogP contribution in [0.15, 0.2) is 0 Å². The molecule has 0 aromatic carbocycles. The van der Waals surface area contributed by atoms with E-state index in [0.717, 1.165) is 12.8 Å². The molecule has 1 saturated carbocycles. The van der Waals surface area contributed by atoms with Gasteiger partial charge in [-0.25, -0.2) is 0 Å². The van der Waals surface area contributed by atoms with Gasteiger partial charge in [-0.15, -0.1) is 0 Å². The zero-order valence-corrected chi connectivity index (χ0v) is 10.6. The summed E-state index contributed by atoms with van der Waals surface area (Å²) in [5.41, 5.74) is 5.29. The number of nitrogens with one attached hydrogen (secondary N) is 1. The molecule has 1 aliphatic rings. The topological polar surface area (TPSA) is 64.3 Å². The van der Waals surface area contributed by atoms with Crippen molar-refractivity contribution in [1.29, 1.82) is 0 Å². The van der Waals surface area contributed by atoms with Gasteiger partial charge in [0.15, 0.2) is 0 Å². The molecule has 16 heavy (non-hydrogen) atoms. The van der Waals surface area contributed by atoms with Crippen molar-refractivity contribution in [2.24, 2.45) is 11.7 Å². The number of ether oxygens (including phenoxy) is 1. The van der Waals surface area contributed by atoms with Crippen molar-refractivity contribution in [2.75, 3.05) is 13.7 Å². The lowest BCUT2D eigenvalue weighted by Crippen LogP contribution is -2.42. The largest absolute Gasteiger partial charge is 0.378 e.